The number of benzene rings is 1. The second-order valence-corrected chi connectivity index (χ2v) is 9.36. The highest BCUT2D eigenvalue weighted by Crippen LogP contribution is 2.32. The Hall–Kier alpha value is -2.32. The van der Waals surface area contributed by atoms with Crippen LogP contribution >= 0.6 is 23.4 Å². The second kappa shape index (κ2) is 7.74. The minimum absolute atomic E-state index is 0.0971. The molecule has 1 aromatic carbocycles. The highest BCUT2D eigenvalue weighted by Gasteiger charge is 2.38. The van der Waals surface area contributed by atoms with Crippen molar-refractivity contribution >= 4 is 46.6 Å². The van der Waals surface area contributed by atoms with E-state index in [9.17, 15) is 18.8 Å². The zero-order chi connectivity index (χ0) is 21.6. The van der Waals surface area contributed by atoms with E-state index in [4.69, 9.17) is 11.6 Å². The van der Waals surface area contributed by atoms with Gasteiger partial charge in [0.15, 0.2) is 0 Å². The summed E-state index contributed by atoms with van der Waals surface area (Å²) in [5, 5.41) is 5.44. The van der Waals surface area contributed by atoms with E-state index in [0.29, 0.717) is 41.2 Å². The van der Waals surface area contributed by atoms with Gasteiger partial charge >= 0.3 is 0 Å². The van der Waals surface area contributed by atoms with Gasteiger partial charge in [0.25, 0.3) is 17.6 Å². The summed E-state index contributed by atoms with van der Waals surface area (Å²) in [7, 11) is 0. The van der Waals surface area contributed by atoms with E-state index in [1.165, 1.54) is 18.2 Å². The van der Waals surface area contributed by atoms with Gasteiger partial charge in [0.2, 0.25) is 0 Å². The first kappa shape index (κ1) is 20.9. The maximum Gasteiger partial charge on any atom is 0.292 e. The molecule has 2 aliphatic rings. The van der Waals surface area contributed by atoms with Crippen molar-refractivity contribution in [1.29, 1.82) is 0 Å². The second-order valence-electron chi connectivity index (χ2n) is 7.97. The van der Waals surface area contributed by atoms with Crippen LogP contribution in [0.5, 0.6) is 0 Å². The van der Waals surface area contributed by atoms with Gasteiger partial charge in [-0.3, -0.25) is 14.4 Å². The summed E-state index contributed by atoms with van der Waals surface area (Å²) >= 11 is 7.51. The molecule has 0 atom stereocenters. The molecule has 158 valence electrons. The molecule has 0 spiro atoms. The molecule has 4 rings (SSSR count). The van der Waals surface area contributed by atoms with Crippen molar-refractivity contribution in [2.24, 2.45) is 0 Å². The molecule has 0 unspecified atom stereocenters. The summed E-state index contributed by atoms with van der Waals surface area (Å²) in [6.07, 6.45) is 1.41. The van der Waals surface area contributed by atoms with Gasteiger partial charge in [-0.05, 0) is 50.5 Å². The lowest BCUT2D eigenvalue weighted by molar-refractivity contribution is -0.118. The van der Waals surface area contributed by atoms with Crippen LogP contribution in [0.4, 0.5) is 10.1 Å². The fourth-order valence-corrected chi connectivity index (χ4v) is 5.14. The Morgan fingerprint density at radius 3 is 2.63 bits per heavy atom. The number of carbonyl (C=O) groups excluding carboxylic acids is 3. The van der Waals surface area contributed by atoms with Gasteiger partial charge in [-0.15, -0.1) is 0 Å². The molecule has 2 aromatic rings. The Morgan fingerprint density at radius 1 is 1.27 bits per heavy atom. The summed E-state index contributed by atoms with van der Waals surface area (Å²) in [5.74, 6) is -0.717. The lowest BCUT2D eigenvalue weighted by Crippen LogP contribution is -2.57. The summed E-state index contributed by atoms with van der Waals surface area (Å²) < 4.78 is 15.2. The molecule has 3 heterocycles. The third-order valence-electron chi connectivity index (χ3n) is 5.49. The first-order chi connectivity index (χ1) is 14.2. The molecule has 2 N–H and O–H groups in total. The number of fused-ring (bicyclic) bond motifs is 1. The van der Waals surface area contributed by atoms with Gasteiger partial charge in [-0.25, -0.2) is 4.39 Å². The Morgan fingerprint density at radius 2 is 2.00 bits per heavy atom. The summed E-state index contributed by atoms with van der Waals surface area (Å²) in [4.78, 5) is 38.6. The summed E-state index contributed by atoms with van der Waals surface area (Å²) in [6.45, 7) is 4.18. The van der Waals surface area contributed by atoms with Gasteiger partial charge in [-0.2, -0.15) is 11.8 Å². The van der Waals surface area contributed by atoms with Crippen LogP contribution in [0.2, 0.25) is 5.02 Å². The molecule has 9 heteroatoms. The molecule has 1 aromatic heterocycles. The number of halogens is 2. The van der Waals surface area contributed by atoms with Crippen molar-refractivity contribution in [2.45, 2.75) is 38.8 Å². The molecular formula is C21H21ClFN3O3S. The van der Waals surface area contributed by atoms with Gasteiger partial charge in [-0.1, -0.05) is 11.6 Å². The number of aromatic nitrogens is 1. The highest BCUT2D eigenvalue weighted by molar-refractivity contribution is 8.00. The van der Waals surface area contributed by atoms with E-state index in [1.807, 2.05) is 6.92 Å². The quantitative estimate of drug-likeness (QED) is 0.540. The van der Waals surface area contributed by atoms with Crippen molar-refractivity contribution in [3.63, 3.8) is 0 Å². The number of amides is 2. The number of nitrogens with zero attached hydrogens (tertiary/aromatic N) is 1. The minimum atomic E-state index is -0.640. The molecule has 30 heavy (non-hydrogen) atoms. The van der Waals surface area contributed by atoms with E-state index in [2.05, 4.69) is 10.6 Å². The van der Waals surface area contributed by atoms with E-state index in [1.54, 1.807) is 23.3 Å². The normalized spacial score (nSPS) is 16.5. The van der Waals surface area contributed by atoms with Crippen molar-refractivity contribution in [3.8, 4) is 0 Å². The number of hydrogen-bond donors (Lipinski definition) is 2. The number of anilines is 1. The van der Waals surface area contributed by atoms with Crippen molar-refractivity contribution in [3.05, 3.63) is 51.6 Å². The van der Waals surface area contributed by atoms with Gasteiger partial charge in [0.05, 0.1) is 16.1 Å². The molecule has 1 fully saturated rings. The topological polar surface area (TPSA) is 80.2 Å². The van der Waals surface area contributed by atoms with Gasteiger partial charge in [0, 0.05) is 29.4 Å². The Bertz CT molecular complexity index is 1080. The molecule has 2 aliphatic heterocycles. The fourth-order valence-electron chi connectivity index (χ4n) is 4.00. The minimum Gasteiger partial charge on any atom is -0.342 e. The Balaban J connectivity index is 1.63. The van der Waals surface area contributed by atoms with Crippen molar-refractivity contribution in [2.75, 3.05) is 16.8 Å². The van der Waals surface area contributed by atoms with E-state index < -0.39 is 23.4 Å². The SMILES string of the molecule is Cc1c(C(=O)C(=O)NC2(C)CSC2)c2n(c1C(=O)Nc1ccc(F)c(Cl)c1)CCC2. The number of carbonyl (C=O) groups is 3. The molecule has 0 saturated carbocycles. The first-order valence-corrected chi connectivity index (χ1v) is 11.2. The van der Waals surface area contributed by atoms with Crippen LogP contribution in [0.3, 0.4) is 0 Å². The Kier molecular flexibility index (Phi) is 5.40. The molecule has 1 saturated heterocycles. The number of rotatable bonds is 5. The third kappa shape index (κ3) is 3.63. The smallest absolute Gasteiger partial charge is 0.292 e. The van der Waals surface area contributed by atoms with E-state index >= 15 is 0 Å². The van der Waals surface area contributed by atoms with Crippen LogP contribution < -0.4 is 10.6 Å². The summed E-state index contributed by atoms with van der Waals surface area (Å²) in [6, 6.07) is 3.92. The number of nitrogens with one attached hydrogen (secondary N) is 2. The number of Topliss-reactive ketones (excluding diaryl/α,β-unsaturated/α-hetero) is 1. The molecule has 6 nitrogen and oxygen atoms in total. The molecule has 0 bridgehead atoms. The van der Waals surface area contributed by atoms with Crippen LogP contribution in [0.25, 0.3) is 0 Å². The standard InChI is InChI=1S/C21H21ClFN3O3S/c1-11-16(18(27)20(29)25-21(2)9-30-10-21)15-4-3-7-26(15)17(11)19(28)24-12-5-6-14(23)13(22)8-12/h5-6,8H,3-4,7,9-10H2,1-2H3,(H,24,28)(H,25,29). The maximum atomic E-state index is 13.4. The van der Waals surface area contributed by atoms with Crippen LogP contribution in [-0.4, -0.2) is 39.2 Å². The first-order valence-electron chi connectivity index (χ1n) is 9.63. The average Bonchev–Trinajstić information content (AvgIpc) is 3.22. The highest BCUT2D eigenvalue weighted by atomic mass is 35.5. The maximum absolute atomic E-state index is 13.4. The van der Waals surface area contributed by atoms with Crippen LogP contribution in [0, 0.1) is 12.7 Å². The molecule has 2 amide bonds. The summed E-state index contributed by atoms with van der Waals surface area (Å²) in [5.41, 5.74) is 1.82. The predicted molar refractivity (Wildman–Crippen MR) is 115 cm³/mol. The van der Waals surface area contributed by atoms with Crippen LogP contribution in [0.1, 0.15) is 45.4 Å². The molecular weight excluding hydrogens is 429 g/mol. The molecule has 0 radical (unpaired) electrons. The van der Waals surface area contributed by atoms with E-state index in [-0.39, 0.29) is 10.6 Å². The monoisotopic (exact) mass is 449 g/mol. The Labute approximate surface area is 182 Å². The van der Waals surface area contributed by atoms with E-state index in [0.717, 1.165) is 17.9 Å². The number of hydrogen-bond acceptors (Lipinski definition) is 4. The number of ketones is 1. The largest absolute Gasteiger partial charge is 0.342 e. The zero-order valence-corrected chi connectivity index (χ0v) is 18.2. The van der Waals surface area contributed by atoms with Crippen molar-refractivity contribution < 1.29 is 18.8 Å². The van der Waals surface area contributed by atoms with Crippen molar-refractivity contribution in [1.82, 2.24) is 9.88 Å². The van der Waals surface area contributed by atoms with Crippen LogP contribution in [-0.2, 0) is 17.8 Å². The van der Waals surface area contributed by atoms with Gasteiger partial charge in [0.1, 0.15) is 11.5 Å². The third-order valence-corrected chi connectivity index (χ3v) is 7.46. The number of thioether (sulfide) groups is 1. The lowest BCUT2D eigenvalue weighted by Gasteiger charge is -2.38. The van der Waals surface area contributed by atoms with Gasteiger partial charge < -0.3 is 15.2 Å². The predicted octanol–water partition coefficient (Wildman–Crippen LogP) is 3.59. The fraction of sp³-hybridized carbons (Fsp3) is 0.381. The average molecular weight is 450 g/mol. The van der Waals surface area contributed by atoms with Crippen LogP contribution in [0.15, 0.2) is 18.2 Å². The lowest BCUT2D eigenvalue weighted by atomic mass is 10.0. The zero-order valence-electron chi connectivity index (χ0n) is 16.6. The molecule has 0 aliphatic carbocycles.